The van der Waals surface area contributed by atoms with Gasteiger partial charge >= 0.3 is 0 Å². The van der Waals surface area contributed by atoms with E-state index in [1.165, 1.54) is 7.05 Å². The predicted octanol–water partition coefficient (Wildman–Crippen LogP) is 1.85. The Balaban J connectivity index is 2.32. The molecule has 1 rings (SSSR count). The maximum Gasteiger partial charge on any atom is 0.276 e. The maximum atomic E-state index is 10.5. The highest BCUT2D eigenvalue weighted by Crippen LogP contribution is 2.16. The van der Waals surface area contributed by atoms with Crippen LogP contribution in [0.1, 0.15) is 11.5 Å². The molecule has 0 aromatic carbocycles. The normalized spacial score (nSPS) is 11.6. The van der Waals surface area contributed by atoms with Gasteiger partial charge in [0.25, 0.3) is 6.20 Å². The van der Waals surface area contributed by atoms with E-state index in [0.717, 1.165) is 23.1 Å². The molecule has 0 amide bonds. The molecule has 0 spiro atoms. The van der Waals surface area contributed by atoms with Gasteiger partial charge in [0.05, 0.1) is 22.5 Å². The van der Waals surface area contributed by atoms with E-state index in [4.69, 9.17) is 4.42 Å². The van der Waals surface area contributed by atoms with Crippen LogP contribution in [0, 0.1) is 15.0 Å². The lowest BCUT2D eigenvalue weighted by Gasteiger charge is -2.12. The van der Waals surface area contributed by atoms with Crippen molar-refractivity contribution < 1.29 is 9.34 Å². The molecule has 0 bridgehead atoms. The minimum Gasteiger partial charge on any atom is -0.464 e. The SMILES string of the molecule is CN(C)Cc1ccc(CSCCNC(=C[N+](=O)[O-])N(C)N=O)o1. The molecule has 1 aromatic rings. The van der Waals surface area contributed by atoms with Gasteiger partial charge in [0.1, 0.15) is 11.5 Å². The number of furan rings is 1. The number of hydrogen-bond donors (Lipinski definition) is 1. The second kappa shape index (κ2) is 9.85. The number of nitrogens with one attached hydrogen (secondary N) is 1. The number of nitrogens with zero attached hydrogens (tertiary/aromatic N) is 4. The van der Waals surface area contributed by atoms with E-state index in [0.29, 0.717) is 24.3 Å². The van der Waals surface area contributed by atoms with Gasteiger partial charge in [-0.1, -0.05) is 0 Å². The monoisotopic (exact) mass is 343 g/mol. The summed E-state index contributed by atoms with van der Waals surface area (Å²) < 4.78 is 5.68. The van der Waals surface area contributed by atoms with E-state index >= 15 is 0 Å². The first-order valence-electron chi connectivity index (χ1n) is 6.88. The summed E-state index contributed by atoms with van der Waals surface area (Å²) in [6.07, 6.45) is 0.714. The number of nitro groups is 1. The molecule has 128 valence electrons. The van der Waals surface area contributed by atoms with Crippen LogP contribution in [-0.4, -0.2) is 48.3 Å². The smallest absolute Gasteiger partial charge is 0.276 e. The lowest BCUT2D eigenvalue weighted by atomic mass is 10.4. The van der Waals surface area contributed by atoms with E-state index in [2.05, 4.69) is 10.6 Å². The summed E-state index contributed by atoms with van der Waals surface area (Å²) in [4.78, 5) is 22.3. The van der Waals surface area contributed by atoms with Gasteiger partial charge < -0.3 is 14.6 Å². The zero-order valence-corrected chi connectivity index (χ0v) is 14.2. The third-order valence-corrected chi connectivity index (χ3v) is 3.67. The average Bonchev–Trinajstić information content (AvgIpc) is 2.91. The largest absolute Gasteiger partial charge is 0.464 e. The topological polar surface area (TPSA) is 104 Å². The van der Waals surface area contributed by atoms with Crippen LogP contribution in [0.2, 0.25) is 0 Å². The summed E-state index contributed by atoms with van der Waals surface area (Å²) in [5, 5.41) is 16.8. The van der Waals surface area contributed by atoms with Gasteiger partial charge in [0.2, 0.25) is 0 Å². The molecule has 0 unspecified atom stereocenters. The zero-order valence-electron chi connectivity index (χ0n) is 13.4. The molecular weight excluding hydrogens is 322 g/mol. The quantitative estimate of drug-likeness (QED) is 0.281. The zero-order chi connectivity index (χ0) is 17.2. The molecule has 1 N–H and O–H groups in total. The van der Waals surface area contributed by atoms with Gasteiger partial charge in [0.15, 0.2) is 5.82 Å². The Kier molecular flexibility index (Phi) is 8.13. The van der Waals surface area contributed by atoms with Crippen molar-refractivity contribution in [1.29, 1.82) is 0 Å². The van der Waals surface area contributed by atoms with Crippen molar-refractivity contribution in [2.45, 2.75) is 12.3 Å². The minimum atomic E-state index is -0.633. The van der Waals surface area contributed by atoms with Crippen LogP contribution < -0.4 is 5.32 Å². The molecule has 0 radical (unpaired) electrons. The summed E-state index contributed by atoms with van der Waals surface area (Å²) in [6.45, 7) is 1.22. The Bertz CT molecular complexity index is 546. The second-order valence-corrected chi connectivity index (χ2v) is 6.10. The molecule has 0 aliphatic carbocycles. The molecular formula is C13H21N5O4S. The average molecular weight is 343 g/mol. The Morgan fingerprint density at radius 3 is 2.74 bits per heavy atom. The lowest BCUT2D eigenvalue weighted by molar-refractivity contribution is -0.404. The first kappa shape index (κ1) is 19.0. The highest BCUT2D eigenvalue weighted by atomic mass is 32.2. The minimum absolute atomic E-state index is 0.0527. The van der Waals surface area contributed by atoms with Gasteiger partial charge in [-0.15, -0.1) is 4.91 Å². The van der Waals surface area contributed by atoms with E-state index in [9.17, 15) is 15.0 Å². The first-order chi connectivity index (χ1) is 10.9. The molecule has 1 aromatic heterocycles. The third-order valence-electron chi connectivity index (χ3n) is 2.69. The molecule has 23 heavy (non-hydrogen) atoms. The predicted molar refractivity (Wildman–Crippen MR) is 88.9 cm³/mol. The van der Waals surface area contributed by atoms with Crippen molar-refractivity contribution in [3.63, 3.8) is 0 Å². The van der Waals surface area contributed by atoms with Crippen molar-refractivity contribution in [3.05, 3.63) is 50.7 Å². The van der Waals surface area contributed by atoms with Gasteiger partial charge in [-0.25, -0.2) is 5.01 Å². The van der Waals surface area contributed by atoms with Gasteiger partial charge in [-0.2, -0.15) is 11.8 Å². The molecule has 9 nitrogen and oxygen atoms in total. The number of nitroso groups, excluding NO2 is 1. The van der Waals surface area contributed by atoms with Crippen LogP contribution in [0.15, 0.2) is 33.9 Å². The van der Waals surface area contributed by atoms with Crippen LogP contribution >= 0.6 is 11.8 Å². The van der Waals surface area contributed by atoms with E-state index in [-0.39, 0.29) is 5.82 Å². The standard InChI is InChI=1S/C13H21N5O4S/c1-16(2)8-11-4-5-12(22-11)10-23-7-6-14-13(9-18(20)21)17(3)15-19/h4-5,9,14H,6-8,10H2,1-3H3. The molecule has 0 saturated carbocycles. The Morgan fingerprint density at radius 1 is 1.43 bits per heavy atom. The van der Waals surface area contributed by atoms with E-state index < -0.39 is 4.92 Å². The molecule has 0 atom stereocenters. The summed E-state index contributed by atoms with van der Waals surface area (Å²) in [5.41, 5.74) is 0. The number of thioether (sulfide) groups is 1. The second-order valence-electron chi connectivity index (χ2n) is 4.99. The fourth-order valence-electron chi connectivity index (χ4n) is 1.71. The molecule has 0 fully saturated rings. The highest BCUT2D eigenvalue weighted by Gasteiger charge is 2.09. The van der Waals surface area contributed by atoms with Gasteiger partial charge in [-0.3, -0.25) is 10.1 Å². The first-order valence-corrected chi connectivity index (χ1v) is 8.04. The summed E-state index contributed by atoms with van der Waals surface area (Å²) >= 11 is 1.62. The molecule has 0 aliphatic rings. The maximum absolute atomic E-state index is 10.5. The summed E-state index contributed by atoms with van der Waals surface area (Å²) in [5.74, 6) is 3.27. The van der Waals surface area contributed by atoms with E-state index in [1.807, 2.05) is 31.1 Å². The number of rotatable bonds is 11. The van der Waals surface area contributed by atoms with E-state index in [1.54, 1.807) is 11.8 Å². The number of hydrogen-bond acceptors (Lipinski definition) is 8. The third kappa shape index (κ3) is 7.66. The van der Waals surface area contributed by atoms with Crippen molar-refractivity contribution >= 4 is 11.8 Å². The Labute approximate surface area is 138 Å². The Morgan fingerprint density at radius 2 is 2.13 bits per heavy atom. The van der Waals surface area contributed by atoms with Crippen molar-refractivity contribution in [3.8, 4) is 0 Å². The Hall–Kier alpha value is -2.07. The summed E-state index contributed by atoms with van der Waals surface area (Å²) in [6, 6.07) is 3.90. The van der Waals surface area contributed by atoms with Gasteiger partial charge in [-0.05, 0) is 26.2 Å². The summed E-state index contributed by atoms with van der Waals surface area (Å²) in [7, 11) is 5.30. The van der Waals surface area contributed by atoms with Crippen LogP contribution in [0.25, 0.3) is 0 Å². The van der Waals surface area contributed by atoms with Crippen molar-refractivity contribution in [2.75, 3.05) is 33.4 Å². The molecule has 0 aliphatic heterocycles. The van der Waals surface area contributed by atoms with Crippen LogP contribution in [-0.2, 0) is 12.3 Å². The van der Waals surface area contributed by atoms with Crippen LogP contribution in [0.5, 0.6) is 0 Å². The molecule has 1 heterocycles. The highest BCUT2D eigenvalue weighted by molar-refractivity contribution is 7.98. The fourth-order valence-corrected chi connectivity index (χ4v) is 2.46. The van der Waals surface area contributed by atoms with Crippen molar-refractivity contribution in [1.82, 2.24) is 15.2 Å². The molecule has 0 saturated heterocycles. The van der Waals surface area contributed by atoms with Crippen LogP contribution in [0.4, 0.5) is 0 Å². The van der Waals surface area contributed by atoms with Crippen molar-refractivity contribution in [2.24, 2.45) is 5.29 Å². The fraction of sp³-hybridized carbons (Fsp3) is 0.538. The van der Waals surface area contributed by atoms with Crippen LogP contribution in [0.3, 0.4) is 0 Å². The van der Waals surface area contributed by atoms with Gasteiger partial charge in [0, 0.05) is 19.3 Å². The molecule has 10 heteroatoms. The lowest BCUT2D eigenvalue weighted by Crippen LogP contribution is -2.27.